The van der Waals surface area contributed by atoms with E-state index in [0.717, 1.165) is 19.6 Å². The maximum absolute atomic E-state index is 3.43. The minimum atomic E-state index is 0.921. The van der Waals surface area contributed by atoms with E-state index in [9.17, 15) is 0 Å². The van der Waals surface area contributed by atoms with Gasteiger partial charge in [0, 0.05) is 32.4 Å². The Balaban J connectivity index is 2.36. The summed E-state index contributed by atoms with van der Waals surface area (Å²) in [4.78, 5) is 2.18. The zero-order chi connectivity index (χ0) is 11.1. The number of hydrogen-bond donors (Lipinski definition) is 2. The quantitative estimate of drug-likeness (QED) is 0.690. The molecule has 3 nitrogen and oxygen atoms in total. The van der Waals surface area contributed by atoms with E-state index in [1.807, 2.05) is 7.05 Å². The van der Waals surface area contributed by atoms with E-state index in [4.69, 9.17) is 0 Å². The molecule has 0 bridgehead atoms. The molecule has 0 aromatic heterocycles. The average Bonchev–Trinajstić information content (AvgIpc) is 2.24. The lowest BCUT2D eigenvalue weighted by Gasteiger charge is -2.12. The predicted molar refractivity (Wildman–Crippen MR) is 66.2 cm³/mol. The topological polar surface area (TPSA) is 27.3 Å². The number of para-hydroxylation sites is 1. The van der Waals surface area contributed by atoms with E-state index in [1.165, 1.54) is 11.3 Å². The Bertz CT molecular complexity index is 284. The Hall–Kier alpha value is -1.06. The third-order valence-corrected chi connectivity index (χ3v) is 2.34. The Morgan fingerprint density at radius 3 is 2.60 bits per heavy atom. The zero-order valence-electron chi connectivity index (χ0n) is 9.88. The van der Waals surface area contributed by atoms with Gasteiger partial charge in [-0.05, 0) is 25.7 Å². The zero-order valence-corrected chi connectivity index (χ0v) is 9.88. The monoisotopic (exact) mass is 207 g/mol. The first-order valence-electron chi connectivity index (χ1n) is 5.35. The van der Waals surface area contributed by atoms with Crippen molar-refractivity contribution in [3.05, 3.63) is 29.8 Å². The summed E-state index contributed by atoms with van der Waals surface area (Å²) in [7, 11) is 6.13. The van der Waals surface area contributed by atoms with Crippen LogP contribution in [0.5, 0.6) is 0 Å². The van der Waals surface area contributed by atoms with Crippen molar-refractivity contribution in [1.82, 2.24) is 10.2 Å². The molecule has 15 heavy (non-hydrogen) atoms. The highest BCUT2D eigenvalue weighted by atomic mass is 15.1. The van der Waals surface area contributed by atoms with Gasteiger partial charge in [0.25, 0.3) is 0 Å². The molecule has 0 atom stereocenters. The van der Waals surface area contributed by atoms with Crippen LogP contribution in [0.15, 0.2) is 24.3 Å². The molecule has 0 saturated carbocycles. The van der Waals surface area contributed by atoms with Gasteiger partial charge < -0.3 is 15.5 Å². The second-order valence-electron chi connectivity index (χ2n) is 3.89. The maximum Gasteiger partial charge on any atom is 0.0383 e. The van der Waals surface area contributed by atoms with Gasteiger partial charge in [0.15, 0.2) is 0 Å². The van der Waals surface area contributed by atoms with Gasteiger partial charge in [-0.1, -0.05) is 18.2 Å². The molecule has 2 N–H and O–H groups in total. The average molecular weight is 207 g/mol. The minimum Gasteiger partial charge on any atom is -0.388 e. The van der Waals surface area contributed by atoms with E-state index in [-0.39, 0.29) is 0 Å². The van der Waals surface area contributed by atoms with Crippen molar-refractivity contribution in [2.45, 2.75) is 6.54 Å². The number of benzene rings is 1. The van der Waals surface area contributed by atoms with Gasteiger partial charge in [-0.3, -0.25) is 0 Å². The maximum atomic E-state index is 3.43. The van der Waals surface area contributed by atoms with Crippen molar-refractivity contribution < 1.29 is 0 Å². The lowest BCUT2D eigenvalue weighted by molar-refractivity contribution is 0.400. The highest BCUT2D eigenvalue weighted by Crippen LogP contribution is 2.13. The molecule has 0 aliphatic carbocycles. The Labute approximate surface area is 92.5 Å². The molecule has 0 radical (unpaired) electrons. The molecule has 84 valence electrons. The largest absolute Gasteiger partial charge is 0.388 e. The van der Waals surface area contributed by atoms with Gasteiger partial charge in [0.2, 0.25) is 0 Å². The number of nitrogens with one attached hydrogen (secondary N) is 2. The third-order valence-electron chi connectivity index (χ3n) is 2.34. The van der Waals surface area contributed by atoms with Crippen molar-refractivity contribution in [2.24, 2.45) is 0 Å². The molecule has 0 aliphatic heterocycles. The highest BCUT2D eigenvalue weighted by Gasteiger charge is 1.98. The van der Waals surface area contributed by atoms with Crippen LogP contribution < -0.4 is 10.6 Å². The van der Waals surface area contributed by atoms with Gasteiger partial charge in [-0.25, -0.2) is 0 Å². The molecule has 0 amide bonds. The summed E-state index contributed by atoms with van der Waals surface area (Å²) in [6.45, 7) is 3.01. The van der Waals surface area contributed by atoms with E-state index < -0.39 is 0 Å². The predicted octanol–water partition coefficient (Wildman–Crippen LogP) is 1.38. The van der Waals surface area contributed by atoms with Crippen LogP contribution in [0.3, 0.4) is 0 Å². The smallest absolute Gasteiger partial charge is 0.0383 e. The van der Waals surface area contributed by atoms with Gasteiger partial charge in [-0.2, -0.15) is 0 Å². The van der Waals surface area contributed by atoms with Crippen LogP contribution in [-0.4, -0.2) is 39.1 Å². The fourth-order valence-corrected chi connectivity index (χ4v) is 1.44. The number of rotatable bonds is 6. The Kier molecular flexibility index (Phi) is 5.15. The van der Waals surface area contributed by atoms with Crippen LogP contribution in [0.2, 0.25) is 0 Å². The minimum absolute atomic E-state index is 0.921. The summed E-state index contributed by atoms with van der Waals surface area (Å²) in [6.07, 6.45) is 0. The fourth-order valence-electron chi connectivity index (χ4n) is 1.44. The van der Waals surface area contributed by atoms with Crippen LogP contribution in [0.25, 0.3) is 0 Å². The van der Waals surface area contributed by atoms with Crippen LogP contribution in [0, 0.1) is 0 Å². The second kappa shape index (κ2) is 6.43. The SMILES string of the molecule is CNc1ccccc1CNCCN(C)C. The molecule has 0 heterocycles. The van der Waals surface area contributed by atoms with Gasteiger partial charge in [0.05, 0.1) is 0 Å². The molecule has 1 aromatic carbocycles. The van der Waals surface area contributed by atoms with Gasteiger partial charge in [0.1, 0.15) is 0 Å². The van der Waals surface area contributed by atoms with Crippen LogP contribution in [0.1, 0.15) is 5.56 Å². The first kappa shape index (κ1) is 12.0. The Morgan fingerprint density at radius 2 is 1.93 bits per heavy atom. The lowest BCUT2D eigenvalue weighted by Crippen LogP contribution is -2.26. The summed E-state index contributed by atoms with van der Waals surface area (Å²) < 4.78 is 0. The van der Waals surface area contributed by atoms with Crippen molar-refractivity contribution >= 4 is 5.69 Å². The van der Waals surface area contributed by atoms with Crippen LogP contribution >= 0.6 is 0 Å². The van der Waals surface area contributed by atoms with E-state index in [1.54, 1.807) is 0 Å². The summed E-state index contributed by atoms with van der Waals surface area (Å²) in [5, 5.41) is 6.62. The fraction of sp³-hybridized carbons (Fsp3) is 0.500. The molecule has 1 aromatic rings. The van der Waals surface area contributed by atoms with E-state index in [2.05, 4.69) is 53.9 Å². The molecule has 1 rings (SSSR count). The first-order valence-corrected chi connectivity index (χ1v) is 5.35. The highest BCUT2D eigenvalue weighted by molar-refractivity contribution is 5.50. The normalized spacial score (nSPS) is 10.7. The number of anilines is 1. The molecule has 0 unspecified atom stereocenters. The molecule has 0 spiro atoms. The standard InChI is InChI=1S/C12H21N3/c1-13-12-7-5-4-6-11(12)10-14-8-9-15(2)3/h4-7,13-14H,8-10H2,1-3H3. The number of hydrogen-bond acceptors (Lipinski definition) is 3. The molecule has 3 heteroatoms. The van der Waals surface area contributed by atoms with Gasteiger partial charge >= 0.3 is 0 Å². The number of likely N-dealkylation sites (N-methyl/N-ethyl adjacent to an activating group) is 1. The van der Waals surface area contributed by atoms with Crippen molar-refractivity contribution in [2.75, 3.05) is 39.5 Å². The molecular weight excluding hydrogens is 186 g/mol. The molecule has 0 fully saturated rings. The number of nitrogens with zero attached hydrogens (tertiary/aromatic N) is 1. The summed E-state index contributed by atoms with van der Waals surface area (Å²) in [5.41, 5.74) is 2.52. The van der Waals surface area contributed by atoms with Crippen molar-refractivity contribution in [3.8, 4) is 0 Å². The lowest BCUT2D eigenvalue weighted by atomic mass is 10.2. The molecule has 0 saturated heterocycles. The first-order chi connectivity index (χ1) is 7.24. The summed E-state index contributed by atoms with van der Waals surface area (Å²) in [6, 6.07) is 8.37. The van der Waals surface area contributed by atoms with Crippen LogP contribution in [-0.2, 0) is 6.54 Å². The molecular formula is C12H21N3. The third kappa shape index (κ3) is 4.32. The summed E-state index contributed by atoms with van der Waals surface area (Å²) >= 11 is 0. The van der Waals surface area contributed by atoms with E-state index >= 15 is 0 Å². The van der Waals surface area contributed by atoms with Crippen molar-refractivity contribution in [1.29, 1.82) is 0 Å². The van der Waals surface area contributed by atoms with Gasteiger partial charge in [-0.15, -0.1) is 0 Å². The van der Waals surface area contributed by atoms with E-state index in [0.29, 0.717) is 0 Å². The summed E-state index contributed by atoms with van der Waals surface area (Å²) in [5.74, 6) is 0. The van der Waals surface area contributed by atoms with Crippen molar-refractivity contribution in [3.63, 3.8) is 0 Å². The van der Waals surface area contributed by atoms with Crippen LogP contribution in [0.4, 0.5) is 5.69 Å². The second-order valence-corrected chi connectivity index (χ2v) is 3.89. The Morgan fingerprint density at radius 1 is 1.20 bits per heavy atom. The molecule has 0 aliphatic rings.